The summed E-state index contributed by atoms with van der Waals surface area (Å²) >= 11 is 0. The van der Waals surface area contributed by atoms with Crippen molar-refractivity contribution in [3.8, 4) is 17.2 Å². The van der Waals surface area contributed by atoms with Crippen molar-refractivity contribution in [3.63, 3.8) is 0 Å². The SMILES string of the molecule is COc1cc(CN2CCOC(C)C2)cc(OC)c1O. The highest BCUT2D eigenvalue weighted by Crippen LogP contribution is 2.37. The number of phenolic OH excluding ortho intramolecular Hbond substituents is 1. The Balaban J connectivity index is 2.15. The Morgan fingerprint density at radius 3 is 2.47 bits per heavy atom. The van der Waals surface area contributed by atoms with E-state index in [1.165, 1.54) is 14.2 Å². The number of rotatable bonds is 4. The summed E-state index contributed by atoms with van der Waals surface area (Å²) in [5.41, 5.74) is 1.06. The molecule has 106 valence electrons. The van der Waals surface area contributed by atoms with Crippen molar-refractivity contribution in [1.82, 2.24) is 4.90 Å². The summed E-state index contributed by atoms with van der Waals surface area (Å²) in [6, 6.07) is 3.69. The monoisotopic (exact) mass is 267 g/mol. The van der Waals surface area contributed by atoms with Gasteiger partial charge in [-0.25, -0.2) is 0 Å². The van der Waals surface area contributed by atoms with E-state index in [0.717, 1.165) is 31.8 Å². The van der Waals surface area contributed by atoms with Crippen LogP contribution in [0.4, 0.5) is 0 Å². The number of hydrogen-bond donors (Lipinski definition) is 1. The second-order valence-corrected chi connectivity index (χ2v) is 4.77. The summed E-state index contributed by atoms with van der Waals surface area (Å²) in [6.45, 7) is 5.44. The first-order chi connectivity index (χ1) is 9.13. The molecule has 5 heteroatoms. The van der Waals surface area contributed by atoms with Crippen LogP contribution >= 0.6 is 0 Å². The fourth-order valence-electron chi connectivity index (χ4n) is 2.33. The molecule has 5 nitrogen and oxygen atoms in total. The summed E-state index contributed by atoms with van der Waals surface area (Å²) in [4.78, 5) is 2.32. The van der Waals surface area contributed by atoms with Gasteiger partial charge in [0.15, 0.2) is 11.5 Å². The number of morpholine rings is 1. The Hall–Kier alpha value is -1.46. The van der Waals surface area contributed by atoms with Crippen molar-refractivity contribution in [2.75, 3.05) is 33.9 Å². The van der Waals surface area contributed by atoms with Crippen molar-refractivity contribution in [3.05, 3.63) is 17.7 Å². The number of ether oxygens (including phenoxy) is 3. The third kappa shape index (κ3) is 3.30. The first kappa shape index (κ1) is 14.0. The van der Waals surface area contributed by atoms with Gasteiger partial charge in [-0.05, 0) is 24.6 Å². The number of methoxy groups -OCH3 is 2. The van der Waals surface area contributed by atoms with Crippen molar-refractivity contribution in [2.45, 2.75) is 19.6 Å². The average Bonchev–Trinajstić information content (AvgIpc) is 2.40. The summed E-state index contributed by atoms with van der Waals surface area (Å²) < 4.78 is 15.9. The third-order valence-corrected chi connectivity index (χ3v) is 3.27. The van der Waals surface area contributed by atoms with E-state index in [0.29, 0.717) is 11.5 Å². The molecule has 1 unspecified atom stereocenters. The zero-order valence-electron chi connectivity index (χ0n) is 11.7. The molecule has 0 radical (unpaired) electrons. The van der Waals surface area contributed by atoms with Crippen LogP contribution in [0.25, 0.3) is 0 Å². The van der Waals surface area contributed by atoms with Gasteiger partial charge in [0.05, 0.1) is 26.9 Å². The molecule has 1 N–H and O–H groups in total. The van der Waals surface area contributed by atoms with Crippen molar-refractivity contribution < 1.29 is 19.3 Å². The quantitative estimate of drug-likeness (QED) is 0.898. The Kier molecular flexibility index (Phi) is 4.50. The summed E-state index contributed by atoms with van der Waals surface area (Å²) in [5.74, 6) is 0.926. The Morgan fingerprint density at radius 1 is 1.32 bits per heavy atom. The van der Waals surface area contributed by atoms with Gasteiger partial charge >= 0.3 is 0 Å². The summed E-state index contributed by atoms with van der Waals surface area (Å²) in [6.07, 6.45) is 0.259. The van der Waals surface area contributed by atoms with Crippen LogP contribution in [0.2, 0.25) is 0 Å². The van der Waals surface area contributed by atoms with Crippen LogP contribution in [0.1, 0.15) is 12.5 Å². The molecule has 1 saturated heterocycles. The standard InChI is InChI=1S/C14H21NO4/c1-10-8-15(4-5-19-10)9-11-6-12(17-2)14(16)13(7-11)18-3/h6-7,10,16H,4-5,8-9H2,1-3H3. The number of hydrogen-bond acceptors (Lipinski definition) is 5. The lowest BCUT2D eigenvalue weighted by Crippen LogP contribution is -2.40. The lowest BCUT2D eigenvalue weighted by atomic mass is 10.1. The molecule has 1 atom stereocenters. The predicted octanol–water partition coefficient (Wildman–Crippen LogP) is 1.63. The highest BCUT2D eigenvalue weighted by atomic mass is 16.5. The van der Waals surface area contributed by atoms with E-state index < -0.39 is 0 Å². The van der Waals surface area contributed by atoms with Gasteiger partial charge in [-0.3, -0.25) is 4.90 Å². The van der Waals surface area contributed by atoms with Gasteiger partial charge in [-0.2, -0.15) is 0 Å². The Morgan fingerprint density at radius 2 is 1.95 bits per heavy atom. The molecule has 1 heterocycles. The zero-order chi connectivity index (χ0) is 13.8. The molecule has 2 rings (SSSR count). The molecule has 1 fully saturated rings. The average molecular weight is 267 g/mol. The molecule has 0 aliphatic carbocycles. The molecule has 1 aromatic carbocycles. The van der Waals surface area contributed by atoms with Crippen molar-refractivity contribution in [2.24, 2.45) is 0 Å². The maximum Gasteiger partial charge on any atom is 0.200 e. The van der Waals surface area contributed by atoms with E-state index in [4.69, 9.17) is 14.2 Å². The molecule has 0 bridgehead atoms. The normalized spacial score (nSPS) is 20.3. The van der Waals surface area contributed by atoms with Gasteiger partial charge in [0.1, 0.15) is 0 Å². The third-order valence-electron chi connectivity index (χ3n) is 3.27. The van der Waals surface area contributed by atoms with Crippen LogP contribution < -0.4 is 9.47 Å². The van der Waals surface area contributed by atoms with Crippen LogP contribution in [-0.2, 0) is 11.3 Å². The second kappa shape index (κ2) is 6.12. The van der Waals surface area contributed by atoms with Gasteiger partial charge in [-0.15, -0.1) is 0 Å². The van der Waals surface area contributed by atoms with Crippen LogP contribution in [0, 0.1) is 0 Å². The van der Waals surface area contributed by atoms with E-state index in [1.54, 1.807) is 0 Å². The van der Waals surface area contributed by atoms with Gasteiger partial charge < -0.3 is 19.3 Å². The molecular weight excluding hydrogens is 246 g/mol. The van der Waals surface area contributed by atoms with Gasteiger partial charge in [0, 0.05) is 19.6 Å². The molecule has 0 spiro atoms. The van der Waals surface area contributed by atoms with Gasteiger partial charge in [0.2, 0.25) is 5.75 Å². The topological polar surface area (TPSA) is 51.2 Å². The maximum absolute atomic E-state index is 9.88. The van der Waals surface area contributed by atoms with Crippen molar-refractivity contribution in [1.29, 1.82) is 0 Å². The predicted molar refractivity (Wildman–Crippen MR) is 71.9 cm³/mol. The van der Waals surface area contributed by atoms with Crippen molar-refractivity contribution >= 4 is 0 Å². The number of aromatic hydroxyl groups is 1. The molecule has 19 heavy (non-hydrogen) atoms. The molecular formula is C14H21NO4. The van der Waals surface area contributed by atoms with E-state index >= 15 is 0 Å². The molecule has 0 amide bonds. The lowest BCUT2D eigenvalue weighted by Gasteiger charge is -2.31. The van der Waals surface area contributed by atoms with E-state index in [9.17, 15) is 5.11 Å². The van der Waals surface area contributed by atoms with Gasteiger partial charge in [-0.1, -0.05) is 0 Å². The minimum absolute atomic E-state index is 0.0455. The smallest absolute Gasteiger partial charge is 0.200 e. The Bertz CT molecular complexity index is 410. The maximum atomic E-state index is 9.88. The molecule has 1 aliphatic rings. The minimum atomic E-state index is 0.0455. The highest BCUT2D eigenvalue weighted by molar-refractivity contribution is 5.52. The first-order valence-electron chi connectivity index (χ1n) is 6.42. The first-order valence-corrected chi connectivity index (χ1v) is 6.42. The van der Waals surface area contributed by atoms with Crippen LogP contribution in [-0.4, -0.2) is 50.0 Å². The van der Waals surface area contributed by atoms with E-state index in [2.05, 4.69) is 11.8 Å². The van der Waals surface area contributed by atoms with Gasteiger partial charge in [0.25, 0.3) is 0 Å². The van der Waals surface area contributed by atoms with Crippen LogP contribution in [0.5, 0.6) is 17.2 Å². The summed E-state index contributed by atoms with van der Waals surface area (Å²) in [5, 5.41) is 9.88. The molecule has 1 aromatic rings. The second-order valence-electron chi connectivity index (χ2n) is 4.77. The zero-order valence-corrected chi connectivity index (χ0v) is 11.7. The number of nitrogens with zero attached hydrogens (tertiary/aromatic N) is 1. The number of phenols is 1. The molecule has 0 aromatic heterocycles. The fourth-order valence-corrected chi connectivity index (χ4v) is 2.33. The highest BCUT2D eigenvalue weighted by Gasteiger charge is 2.18. The number of benzene rings is 1. The summed E-state index contributed by atoms with van der Waals surface area (Å²) in [7, 11) is 3.07. The lowest BCUT2D eigenvalue weighted by molar-refractivity contribution is -0.0212. The van der Waals surface area contributed by atoms with Crippen LogP contribution in [0.3, 0.4) is 0 Å². The van der Waals surface area contributed by atoms with E-state index in [1.807, 2.05) is 12.1 Å². The van der Waals surface area contributed by atoms with Crippen LogP contribution in [0.15, 0.2) is 12.1 Å². The van der Waals surface area contributed by atoms with E-state index in [-0.39, 0.29) is 11.9 Å². The molecule has 1 aliphatic heterocycles. The minimum Gasteiger partial charge on any atom is -0.502 e. The largest absolute Gasteiger partial charge is 0.502 e. The Labute approximate surface area is 113 Å². The fraction of sp³-hybridized carbons (Fsp3) is 0.571. The molecule has 0 saturated carbocycles.